The minimum atomic E-state index is -0.178. The zero-order valence-electron chi connectivity index (χ0n) is 11.6. The SMILES string of the molecule is Cc1ccccc1.Fc1ccccc1.c1ccccc1. The highest BCUT2D eigenvalue weighted by Gasteiger charge is 1.77. The average molecular weight is 266 g/mol. The molecule has 1 heteroatoms. The quantitative estimate of drug-likeness (QED) is 0.503. The molecular weight excluding hydrogens is 247 g/mol. The van der Waals surface area contributed by atoms with Gasteiger partial charge in [-0.1, -0.05) is 90.5 Å². The smallest absolute Gasteiger partial charge is 0.123 e. The molecule has 0 saturated carbocycles. The summed E-state index contributed by atoms with van der Waals surface area (Å²) in [7, 11) is 0. The van der Waals surface area contributed by atoms with Crippen molar-refractivity contribution in [1.29, 1.82) is 0 Å². The highest BCUT2D eigenvalue weighted by atomic mass is 19.1. The summed E-state index contributed by atoms with van der Waals surface area (Å²) in [6, 6.07) is 30.2. The minimum Gasteiger partial charge on any atom is -0.207 e. The fourth-order valence-corrected chi connectivity index (χ4v) is 1.33. The van der Waals surface area contributed by atoms with Crippen LogP contribution in [-0.2, 0) is 0 Å². The van der Waals surface area contributed by atoms with Crippen LogP contribution in [0.2, 0.25) is 0 Å². The van der Waals surface area contributed by atoms with Crippen molar-refractivity contribution in [3.05, 3.63) is 108 Å². The third-order valence-electron chi connectivity index (χ3n) is 2.34. The normalized spacial score (nSPS) is 8.50. The van der Waals surface area contributed by atoms with E-state index < -0.39 is 0 Å². The van der Waals surface area contributed by atoms with E-state index in [4.69, 9.17) is 0 Å². The van der Waals surface area contributed by atoms with Gasteiger partial charge in [-0.3, -0.25) is 0 Å². The van der Waals surface area contributed by atoms with Crippen LogP contribution in [0.4, 0.5) is 4.39 Å². The van der Waals surface area contributed by atoms with Crippen LogP contribution in [0.25, 0.3) is 0 Å². The van der Waals surface area contributed by atoms with Gasteiger partial charge in [0.1, 0.15) is 5.82 Å². The Bertz CT molecular complexity index is 468. The Labute approximate surface area is 120 Å². The van der Waals surface area contributed by atoms with Gasteiger partial charge in [0.05, 0.1) is 0 Å². The molecule has 3 aromatic carbocycles. The lowest BCUT2D eigenvalue weighted by Gasteiger charge is -1.82. The van der Waals surface area contributed by atoms with Crippen LogP contribution in [-0.4, -0.2) is 0 Å². The molecule has 0 aromatic heterocycles. The van der Waals surface area contributed by atoms with Gasteiger partial charge in [0.25, 0.3) is 0 Å². The summed E-state index contributed by atoms with van der Waals surface area (Å²) in [5.74, 6) is -0.178. The molecule has 0 N–H and O–H groups in total. The van der Waals surface area contributed by atoms with Crippen molar-refractivity contribution in [3.8, 4) is 0 Å². The van der Waals surface area contributed by atoms with Gasteiger partial charge in [0.2, 0.25) is 0 Å². The monoisotopic (exact) mass is 266 g/mol. The third kappa shape index (κ3) is 8.65. The topological polar surface area (TPSA) is 0 Å². The molecule has 0 nitrogen and oxygen atoms in total. The van der Waals surface area contributed by atoms with Crippen molar-refractivity contribution >= 4 is 0 Å². The Hall–Kier alpha value is -2.41. The standard InChI is InChI=1S/C7H8.C6H5F.C6H6/c1-7-5-3-2-4-6-7;7-6-4-2-1-3-5-6;1-2-4-6-5-3-1/h2-6H,1H3;1-5H;1-6H. The van der Waals surface area contributed by atoms with E-state index in [9.17, 15) is 4.39 Å². The van der Waals surface area contributed by atoms with Crippen LogP contribution >= 0.6 is 0 Å². The molecule has 0 bridgehead atoms. The molecule has 0 heterocycles. The fourth-order valence-electron chi connectivity index (χ4n) is 1.33. The maximum Gasteiger partial charge on any atom is 0.123 e. The fraction of sp³-hybridized carbons (Fsp3) is 0.0526. The maximum absolute atomic E-state index is 11.9. The summed E-state index contributed by atoms with van der Waals surface area (Å²) >= 11 is 0. The summed E-state index contributed by atoms with van der Waals surface area (Å²) < 4.78 is 11.9. The molecule has 0 aliphatic rings. The lowest BCUT2D eigenvalue weighted by Crippen LogP contribution is -1.63. The van der Waals surface area contributed by atoms with Crippen LogP contribution in [0.3, 0.4) is 0 Å². The summed E-state index contributed by atoms with van der Waals surface area (Å²) in [5, 5.41) is 0. The Kier molecular flexibility index (Phi) is 8.22. The second kappa shape index (κ2) is 10.5. The summed E-state index contributed by atoms with van der Waals surface area (Å²) in [4.78, 5) is 0. The molecular formula is C19H19F. The van der Waals surface area contributed by atoms with E-state index in [1.165, 1.54) is 17.7 Å². The molecule has 0 amide bonds. The number of hydrogen-bond acceptors (Lipinski definition) is 0. The Morgan fingerprint density at radius 1 is 0.500 bits per heavy atom. The van der Waals surface area contributed by atoms with Gasteiger partial charge in [-0.2, -0.15) is 0 Å². The highest BCUT2D eigenvalue weighted by Crippen LogP contribution is 1.92. The molecule has 0 unspecified atom stereocenters. The zero-order chi connectivity index (χ0) is 14.5. The molecule has 0 atom stereocenters. The minimum absolute atomic E-state index is 0.178. The van der Waals surface area contributed by atoms with E-state index in [1.807, 2.05) is 54.6 Å². The molecule has 3 rings (SSSR count). The molecule has 0 radical (unpaired) electrons. The summed E-state index contributed by atoms with van der Waals surface area (Å²) in [5.41, 5.74) is 1.32. The van der Waals surface area contributed by atoms with Gasteiger partial charge in [-0.15, -0.1) is 0 Å². The van der Waals surface area contributed by atoms with Crippen LogP contribution in [0, 0.1) is 12.7 Å². The van der Waals surface area contributed by atoms with E-state index >= 15 is 0 Å². The highest BCUT2D eigenvalue weighted by molar-refractivity contribution is 5.11. The summed E-state index contributed by atoms with van der Waals surface area (Å²) in [6.45, 7) is 2.08. The molecule has 3 aromatic rings. The lowest BCUT2D eigenvalue weighted by atomic mass is 10.2. The van der Waals surface area contributed by atoms with Gasteiger partial charge in [0, 0.05) is 0 Å². The largest absolute Gasteiger partial charge is 0.207 e. The van der Waals surface area contributed by atoms with Gasteiger partial charge in [-0.05, 0) is 19.1 Å². The second-order valence-corrected chi connectivity index (χ2v) is 4.10. The number of aryl methyl sites for hydroxylation is 1. The molecule has 20 heavy (non-hydrogen) atoms. The van der Waals surface area contributed by atoms with Crippen molar-refractivity contribution < 1.29 is 4.39 Å². The van der Waals surface area contributed by atoms with Crippen LogP contribution in [0.1, 0.15) is 5.56 Å². The Morgan fingerprint density at radius 2 is 0.800 bits per heavy atom. The van der Waals surface area contributed by atoms with E-state index in [1.54, 1.807) is 18.2 Å². The molecule has 0 fully saturated rings. The number of rotatable bonds is 0. The first-order valence-electron chi connectivity index (χ1n) is 6.51. The van der Waals surface area contributed by atoms with Gasteiger partial charge < -0.3 is 0 Å². The van der Waals surface area contributed by atoms with E-state index in [-0.39, 0.29) is 5.82 Å². The Morgan fingerprint density at radius 3 is 1.00 bits per heavy atom. The first-order valence-corrected chi connectivity index (χ1v) is 6.51. The van der Waals surface area contributed by atoms with Crippen LogP contribution in [0.15, 0.2) is 97.1 Å². The maximum atomic E-state index is 11.9. The van der Waals surface area contributed by atoms with Crippen molar-refractivity contribution in [2.45, 2.75) is 6.92 Å². The predicted octanol–water partition coefficient (Wildman–Crippen LogP) is 5.51. The van der Waals surface area contributed by atoms with Crippen molar-refractivity contribution in [2.75, 3.05) is 0 Å². The average Bonchev–Trinajstić information content (AvgIpc) is 2.52. The van der Waals surface area contributed by atoms with Gasteiger partial charge >= 0.3 is 0 Å². The van der Waals surface area contributed by atoms with Crippen molar-refractivity contribution in [3.63, 3.8) is 0 Å². The van der Waals surface area contributed by atoms with E-state index in [0.717, 1.165) is 0 Å². The molecule has 0 saturated heterocycles. The molecule has 102 valence electrons. The van der Waals surface area contributed by atoms with Gasteiger partial charge in [0.15, 0.2) is 0 Å². The third-order valence-corrected chi connectivity index (χ3v) is 2.34. The summed E-state index contributed by atoms with van der Waals surface area (Å²) in [6.07, 6.45) is 0. The van der Waals surface area contributed by atoms with Crippen molar-refractivity contribution in [2.24, 2.45) is 0 Å². The number of hydrogen-bond donors (Lipinski definition) is 0. The van der Waals surface area contributed by atoms with E-state index in [0.29, 0.717) is 0 Å². The first-order chi connectivity index (χ1) is 9.79. The van der Waals surface area contributed by atoms with E-state index in [2.05, 4.69) is 19.1 Å². The Balaban J connectivity index is 0.000000151. The first kappa shape index (κ1) is 15.6. The van der Waals surface area contributed by atoms with Crippen LogP contribution in [0.5, 0.6) is 0 Å². The zero-order valence-corrected chi connectivity index (χ0v) is 11.6. The second-order valence-electron chi connectivity index (χ2n) is 4.10. The van der Waals surface area contributed by atoms with Gasteiger partial charge in [-0.25, -0.2) is 4.39 Å². The molecule has 0 aliphatic carbocycles. The predicted molar refractivity (Wildman–Crippen MR) is 84.0 cm³/mol. The molecule has 0 spiro atoms. The van der Waals surface area contributed by atoms with Crippen LogP contribution < -0.4 is 0 Å². The lowest BCUT2D eigenvalue weighted by molar-refractivity contribution is 0.628. The number of halogens is 1. The number of benzene rings is 3. The molecule has 0 aliphatic heterocycles. The van der Waals surface area contributed by atoms with Crippen molar-refractivity contribution in [1.82, 2.24) is 0 Å².